The monoisotopic (exact) mass is 421 g/mol. The lowest BCUT2D eigenvalue weighted by molar-refractivity contribution is -0.143. The van der Waals surface area contributed by atoms with Crippen molar-refractivity contribution in [1.29, 1.82) is 0 Å². The highest BCUT2D eigenvalue weighted by Crippen LogP contribution is 2.29. The lowest BCUT2D eigenvalue weighted by Gasteiger charge is -2.39. The van der Waals surface area contributed by atoms with Crippen LogP contribution in [-0.2, 0) is 14.8 Å². The van der Waals surface area contributed by atoms with Crippen LogP contribution in [0.1, 0.15) is 39.5 Å². The Morgan fingerprint density at radius 1 is 1.37 bits per heavy atom. The summed E-state index contributed by atoms with van der Waals surface area (Å²) in [5.74, 6) is -0.619. The highest BCUT2D eigenvalue weighted by molar-refractivity contribution is 7.89. The molecule has 27 heavy (non-hydrogen) atoms. The fourth-order valence-corrected chi connectivity index (χ4v) is 4.74. The molecule has 9 heteroatoms. The zero-order valence-corrected chi connectivity index (χ0v) is 17.4. The molecule has 1 aromatic carbocycles. The van der Waals surface area contributed by atoms with Crippen molar-refractivity contribution in [3.05, 3.63) is 30.1 Å². The van der Waals surface area contributed by atoms with Gasteiger partial charge in [-0.3, -0.25) is 4.79 Å². The number of piperidine rings is 1. The van der Waals surface area contributed by atoms with Crippen molar-refractivity contribution in [2.75, 3.05) is 19.6 Å². The van der Waals surface area contributed by atoms with Gasteiger partial charge in [-0.15, -0.1) is 12.4 Å². The van der Waals surface area contributed by atoms with Crippen LogP contribution in [0.4, 0.5) is 4.39 Å². The molecule has 6 nitrogen and oxygen atoms in total. The molecule has 1 heterocycles. The summed E-state index contributed by atoms with van der Waals surface area (Å²) in [6, 6.07) is 4.50. The minimum absolute atomic E-state index is 0. The summed E-state index contributed by atoms with van der Waals surface area (Å²) in [5.41, 5.74) is 5.27. The molecule has 1 aromatic rings. The number of nitrogens with zero attached hydrogens (tertiary/aromatic N) is 1. The molecule has 3 N–H and O–H groups in total. The molecular formula is C18H29ClFN3O3S. The Morgan fingerprint density at radius 2 is 2.04 bits per heavy atom. The predicted molar refractivity (Wildman–Crippen MR) is 106 cm³/mol. The molecule has 1 unspecified atom stereocenters. The van der Waals surface area contributed by atoms with Gasteiger partial charge in [0.2, 0.25) is 15.9 Å². The number of carbonyl (C=O) groups excluding carboxylic acids is 1. The van der Waals surface area contributed by atoms with E-state index >= 15 is 0 Å². The van der Waals surface area contributed by atoms with Crippen LogP contribution >= 0.6 is 12.4 Å². The molecule has 1 amide bonds. The fraction of sp³-hybridized carbons (Fsp3) is 0.611. The van der Waals surface area contributed by atoms with E-state index in [2.05, 4.69) is 4.72 Å². The van der Waals surface area contributed by atoms with Gasteiger partial charge in [-0.2, -0.15) is 0 Å². The zero-order valence-electron chi connectivity index (χ0n) is 15.8. The Kier molecular flexibility index (Phi) is 8.66. The van der Waals surface area contributed by atoms with E-state index in [0.717, 1.165) is 6.07 Å². The van der Waals surface area contributed by atoms with Crippen LogP contribution in [-0.4, -0.2) is 44.9 Å². The molecule has 1 saturated heterocycles. The molecule has 1 aliphatic rings. The Labute approximate surface area is 167 Å². The number of benzene rings is 1. The summed E-state index contributed by atoms with van der Waals surface area (Å²) in [5, 5.41) is 0. The second-order valence-corrected chi connectivity index (χ2v) is 8.57. The van der Waals surface area contributed by atoms with Crippen molar-refractivity contribution >= 4 is 28.3 Å². The third-order valence-electron chi connectivity index (χ3n) is 5.33. The van der Waals surface area contributed by atoms with Gasteiger partial charge in [0.15, 0.2) is 0 Å². The number of hydrogen-bond donors (Lipinski definition) is 2. The van der Waals surface area contributed by atoms with Crippen LogP contribution in [0.5, 0.6) is 0 Å². The number of nitrogens with one attached hydrogen (secondary N) is 1. The number of carbonyl (C=O) groups is 1. The maximum Gasteiger partial charge on any atom is 0.240 e. The van der Waals surface area contributed by atoms with Crippen molar-refractivity contribution in [2.24, 2.45) is 11.1 Å². The van der Waals surface area contributed by atoms with E-state index in [4.69, 9.17) is 5.73 Å². The second-order valence-electron chi connectivity index (χ2n) is 6.86. The van der Waals surface area contributed by atoms with Crippen molar-refractivity contribution in [1.82, 2.24) is 9.62 Å². The summed E-state index contributed by atoms with van der Waals surface area (Å²) in [6.07, 6.45) is 2.63. The summed E-state index contributed by atoms with van der Waals surface area (Å²) < 4.78 is 40.9. The first kappa shape index (κ1) is 23.8. The van der Waals surface area contributed by atoms with Gasteiger partial charge in [-0.05, 0) is 43.9 Å². The molecule has 0 saturated carbocycles. The average Bonchev–Trinajstić information content (AvgIpc) is 2.63. The Bertz CT molecular complexity index is 733. The molecule has 0 aromatic heterocycles. The van der Waals surface area contributed by atoms with E-state index in [0.29, 0.717) is 38.8 Å². The molecule has 1 fully saturated rings. The van der Waals surface area contributed by atoms with Gasteiger partial charge in [0.1, 0.15) is 5.82 Å². The van der Waals surface area contributed by atoms with Crippen LogP contribution in [0, 0.1) is 11.2 Å². The van der Waals surface area contributed by atoms with Crippen LogP contribution in [0.15, 0.2) is 29.2 Å². The Morgan fingerprint density at radius 3 is 2.59 bits per heavy atom. The number of nitrogens with two attached hydrogens (primary N) is 1. The van der Waals surface area contributed by atoms with Crippen molar-refractivity contribution in [3.63, 3.8) is 0 Å². The van der Waals surface area contributed by atoms with Gasteiger partial charge in [0.05, 0.1) is 10.3 Å². The molecule has 2 rings (SSSR count). The standard InChI is InChI=1S/C18H28FN3O3S.ClH/c1-3-18(4-2,13-20)17(23)22-10-6-8-15(12-22)21-26(24,25)16-9-5-7-14(19)11-16;/h5,7,9,11,15,21H,3-4,6,8,10,12-13,20H2,1-2H3;1H. The zero-order chi connectivity index (χ0) is 19.4. The highest BCUT2D eigenvalue weighted by atomic mass is 35.5. The first-order valence-electron chi connectivity index (χ1n) is 9.05. The molecule has 1 atom stereocenters. The lowest BCUT2D eigenvalue weighted by atomic mass is 9.80. The van der Waals surface area contributed by atoms with Crippen molar-refractivity contribution < 1.29 is 17.6 Å². The van der Waals surface area contributed by atoms with Crippen LogP contribution in [0.3, 0.4) is 0 Å². The Balaban J connectivity index is 0.00000364. The summed E-state index contributed by atoms with van der Waals surface area (Å²) >= 11 is 0. The van der Waals surface area contributed by atoms with Gasteiger partial charge in [-0.25, -0.2) is 17.5 Å². The molecule has 154 valence electrons. The van der Waals surface area contributed by atoms with Crippen LogP contribution in [0.25, 0.3) is 0 Å². The topological polar surface area (TPSA) is 92.5 Å². The maximum atomic E-state index is 13.3. The van der Waals surface area contributed by atoms with Gasteiger partial charge in [0, 0.05) is 25.7 Å². The van der Waals surface area contributed by atoms with E-state index in [1.807, 2.05) is 13.8 Å². The molecule has 0 aliphatic carbocycles. The second kappa shape index (κ2) is 9.82. The molecule has 1 aliphatic heterocycles. The average molecular weight is 422 g/mol. The van der Waals surface area contributed by atoms with Gasteiger partial charge < -0.3 is 10.6 Å². The first-order valence-corrected chi connectivity index (χ1v) is 10.5. The third kappa shape index (κ3) is 5.40. The van der Waals surface area contributed by atoms with Crippen LogP contribution < -0.4 is 10.5 Å². The van der Waals surface area contributed by atoms with Crippen molar-refractivity contribution in [3.8, 4) is 0 Å². The Hall–Kier alpha value is -1.22. The molecular weight excluding hydrogens is 393 g/mol. The number of rotatable bonds is 7. The summed E-state index contributed by atoms with van der Waals surface area (Å²) in [6.45, 7) is 5.06. The predicted octanol–water partition coefficient (Wildman–Crippen LogP) is 2.28. The lowest BCUT2D eigenvalue weighted by Crippen LogP contribution is -2.54. The van der Waals surface area contributed by atoms with E-state index in [-0.39, 0.29) is 29.8 Å². The molecule has 0 spiro atoms. The molecule has 0 bridgehead atoms. The maximum absolute atomic E-state index is 13.3. The number of likely N-dealkylation sites (tertiary alicyclic amines) is 1. The van der Waals surface area contributed by atoms with E-state index < -0.39 is 27.3 Å². The van der Waals surface area contributed by atoms with Gasteiger partial charge in [-0.1, -0.05) is 19.9 Å². The minimum atomic E-state index is -3.84. The van der Waals surface area contributed by atoms with Crippen molar-refractivity contribution in [2.45, 2.75) is 50.5 Å². The van der Waals surface area contributed by atoms with Crippen LogP contribution in [0.2, 0.25) is 0 Å². The van der Waals surface area contributed by atoms with E-state index in [1.54, 1.807) is 4.90 Å². The quantitative estimate of drug-likeness (QED) is 0.706. The SMILES string of the molecule is CCC(CC)(CN)C(=O)N1CCCC(NS(=O)(=O)c2cccc(F)c2)C1.Cl. The molecule has 0 radical (unpaired) electrons. The number of amides is 1. The number of sulfonamides is 1. The fourth-order valence-electron chi connectivity index (χ4n) is 3.44. The third-order valence-corrected chi connectivity index (χ3v) is 6.85. The highest BCUT2D eigenvalue weighted by Gasteiger charge is 2.39. The van der Waals surface area contributed by atoms with Gasteiger partial charge in [0.25, 0.3) is 0 Å². The van der Waals surface area contributed by atoms with Gasteiger partial charge >= 0.3 is 0 Å². The largest absolute Gasteiger partial charge is 0.341 e. The smallest absolute Gasteiger partial charge is 0.240 e. The first-order chi connectivity index (χ1) is 12.3. The summed E-state index contributed by atoms with van der Waals surface area (Å²) in [4.78, 5) is 14.6. The van der Waals surface area contributed by atoms with E-state index in [1.165, 1.54) is 18.2 Å². The normalized spacial score (nSPS) is 18.1. The number of halogens is 2. The number of hydrogen-bond acceptors (Lipinski definition) is 4. The van der Waals surface area contributed by atoms with E-state index in [9.17, 15) is 17.6 Å². The summed E-state index contributed by atoms with van der Waals surface area (Å²) in [7, 11) is -3.84. The minimum Gasteiger partial charge on any atom is -0.341 e.